The van der Waals surface area contributed by atoms with E-state index in [1.54, 1.807) is 47.7 Å². The van der Waals surface area contributed by atoms with Crippen molar-refractivity contribution in [2.24, 2.45) is 0 Å². The molecule has 2 aromatic carbocycles. The first kappa shape index (κ1) is 11.9. The van der Waals surface area contributed by atoms with Crippen molar-refractivity contribution >= 4 is 21.4 Å². The molecule has 4 heteroatoms. The van der Waals surface area contributed by atoms with Crippen molar-refractivity contribution in [2.75, 3.05) is 0 Å². The zero-order chi connectivity index (χ0) is 13.2. The maximum absolute atomic E-state index is 9.42. The quantitative estimate of drug-likeness (QED) is 0.760. The minimum Gasteiger partial charge on any atom is -0.508 e. The summed E-state index contributed by atoms with van der Waals surface area (Å²) in [6.07, 6.45) is 0. The van der Waals surface area contributed by atoms with Crippen LogP contribution in [0.3, 0.4) is 0 Å². The summed E-state index contributed by atoms with van der Waals surface area (Å²) in [5.74, 6) is 1.22. The topological polar surface area (TPSA) is 49.7 Å². The number of phenols is 2. The fourth-order valence-corrected chi connectivity index (χ4v) is 2.81. The van der Waals surface area contributed by atoms with Crippen LogP contribution in [0.25, 0.3) is 10.1 Å². The Kier molecular flexibility index (Phi) is 3.01. The molecule has 0 atom stereocenters. The van der Waals surface area contributed by atoms with Crippen LogP contribution in [0.2, 0.25) is 0 Å². The van der Waals surface area contributed by atoms with E-state index in [1.807, 2.05) is 12.1 Å². The standard InChI is InChI=1S/C15H12O3S/c16-11-1-4-13(5-2-11)18-9-14-8-10-7-12(17)3-6-15(10)19-14/h1-8,16-17H,9H2. The van der Waals surface area contributed by atoms with E-state index in [-0.39, 0.29) is 11.5 Å². The van der Waals surface area contributed by atoms with E-state index in [4.69, 9.17) is 4.74 Å². The van der Waals surface area contributed by atoms with Gasteiger partial charge in [0.05, 0.1) is 0 Å². The lowest BCUT2D eigenvalue weighted by atomic mass is 10.2. The van der Waals surface area contributed by atoms with Crippen molar-refractivity contribution in [1.29, 1.82) is 0 Å². The van der Waals surface area contributed by atoms with Crippen LogP contribution in [-0.4, -0.2) is 10.2 Å². The van der Waals surface area contributed by atoms with E-state index in [2.05, 4.69) is 0 Å². The maximum atomic E-state index is 9.42. The molecule has 3 rings (SSSR count). The van der Waals surface area contributed by atoms with Crippen LogP contribution in [0.5, 0.6) is 17.2 Å². The number of ether oxygens (including phenoxy) is 1. The van der Waals surface area contributed by atoms with Gasteiger partial charge in [0.15, 0.2) is 0 Å². The Balaban J connectivity index is 1.76. The van der Waals surface area contributed by atoms with Crippen LogP contribution in [0.1, 0.15) is 4.88 Å². The average Bonchev–Trinajstić information content (AvgIpc) is 2.80. The highest BCUT2D eigenvalue weighted by atomic mass is 32.1. The first-order valence-corrected chi connectivity index (χ1v) is 6.66. The molecule has 3 aromatic rings. The summed E-state index contributed by atoms with van der Waals surface area (Å²) < 4.78 is 6.77. The molecular weight excluding hydrogens is 260 g/mol. The van der Waals surface area contributed by atoms with Crippen molar-refractivity contribution in [2.45, 2.75) is 6.61 Å². The van der Waals surface area contributed by atoms with Crippen LogP contribution in [0.15, 0.2) is 48.5 Å². The Morgan fingerprint density at radius 2 is 1.63 bits per heavy atom. The number of hydrogen-bond acceptors (Lipinski definition) is 4. The first-order valence-electron chi connectivity index (χ1n) is 5.84. The molecule has 0 fully saturated rings. The van der Waals surface area contributed by atoms with Gasteiger partial charge >= 0.3 is 0 Å². The van der Waals surface area contributed by atoms with Crippen LogP contribution in [0.4, 0.5) is 0 Å². The number of rotatable bonds is 3. The Bertz CT molecular complexity index is 701. The zero-order valence-corrected chi connectivity index (χ0v) is 10.9. The normalized spacial score (nSPS) is 10.7. The highest BCUT2D eigenvalue weighted by Gasteiger charge is 2.03. The summed E-state index contributed by atoms with van der Waals surface area (Å²) in [7, 11) is 0. The molecule has 1 heterocycles. The van der Waals surface area contributed by atoms with E-state index in [0.29, 0.717) is 6.61 Å². The summed E-state index contributed by atoms with van der Waals surface area (Å²) >= 11 is 1.64. The van der Waals surface area contributed by atoms with Gasteiger partial charge in [-0.25, -0.2) is 0 Å². The van der Waals surface area contributed by atoms with E-state index in [9.17, 15) is 10.2 Å². The number of aromatic hydroxyl groups is 2. The summed E-state index contributed by atoms with van der Waals surface area (Å²) in [5.41, 5.74) is 0. The predicted molar refractivity (Wildman–Crippen MR) is 75.9 cm³/mol. The molecule has 3 nitrogen and oxygen atoms in total. The lowest BCUT2D eigenvalue weighted by molar-refractivity contribution is 0.309. The molecule has 0 aliphatic heterocycles. The molecule has 1 aromatic heterocycles. The van der Waals surface area contributed by atoms with Crippen LogP contribution in [-0.2, 0) is 6.61 Å². The molecule has 0 saturated heterocycles. The van der Waals surface area contributed by atoms with Crippen molar-refractivity contribution in [1.82, 2.24) is 0 Å². The molecule has 0 spiro atoms. The van der Waals surface area contributed by atoms with Gasteiger partial charge in [0.2, 0.25) is 0 Å². The molecule has 2 N–H and O–H groups in total. The SMILES string of the molecule is Oc1ccc(OCc2cc3cc(O)ccc3s2)cc1. The molecule has 0 radical (unpaired) electrons. The largest absolute Gasteiger partial charge is 0.508 e. The lowest BCUT2D eigenvalue weighted by Gasteiger charge is -2.03. The van der Waals surface area contributed by atoms with Crippen LogP contribution in [0, 0.1) is 0 Å². The predicted octanol–water partition coefficient (Wildman–Crippen LogP) is 3.89. The van der Waals surface area contributed by atoms with E-state index >= 15 is 0 Å². The third-order valence-corrected chi connectivity index (χ3v) is 3.86. The van der Waals surface area contributed by atoms with Crippen molar-refractivity contribution < 1.29 is 14.9 Å². The van der Waals surface area contributed by atoms with Gasteiger partial charge in [0, 0.05) is 9.58 Å². The Morgan fingerprint density at radius 1 is 0.895 bits per heavy atom. The highest BCUT2D eigenvalue weighted by molar-refractivity contribution is 7.19. The van der Waals surface area contributed by atoms with Crippen LogP contribution >= 0.6 is 11.3 Å². The van der Waals surface area contributed by atoms with Gasteiger partial charge in [-0.1, -0.05) is 0 Å². The highest BCUT2D eigenvalue weighted by Crippen LogP contribution is 2.29. The van der Waals surface area contributed by atoms with Crippen molar-refractivity contribution in [3.8, 4) is 17.2 Å². The third-order valence-electron chi connectivity index (χ3n) is 2.77. The van der Waals surface area contributed by atoms with Gasteiger partial charge in [-0.15, -0.1) is 11.3 Å². The summed E-state index contributed by atoms with van der Waals surface area (Å²) in [6, 6.07) is 14.0. The lowest BCUT2D eigenvalue weighted by Crippen LogP contribution is -1.91. The number of fused-ring (bicyclic) bond motifs is 1. The summed E-state index contributed by atoms with van der Waals surface area (Å²) in [6.45, 7) is 0.477. The molecule has 0 bridgehead atoms. The van der Waals surface area contributed by atoms with Crippen molar-refractivity contribution in [3.63, 3.8) is 0 Å². The van der Waals surface area contributed by atoms with E-state index in [1.165, 1.54) is 0 Å². The van der Waals surface area contributed by atoms with E-state index < -0.39 is 0 Å². The number of thiophene rings is 1. The summed E-state index contributed by atoms with van der Waals surface area (Å²) in [5, 5.41) is 19.6. The van der Waals surface area contributed by atoms with Gasteiger partial charge in [-0.05, 0) is 53.9 Å². The minimum atomic E-state index is 0.227. The second-order valence-corrected chi connectivity index (χ2v) is 5.39. The fourth-order valence-electron chi connectivity index (χ4n) is 1.85. The van der Waals surface area contributed by atoms with Gasteiger partial charge in [0.25, 0.3) is 0 Å². The molecule has 96 valence electrons. The number of phenolic OH excluding ortho intramolecular Hbond substituents is 2. The minimum absolute atomic E-state index is 0.227. The van der Waals surface area contributed by atoms with Crippen LogP contribution < -0.4 is 4.74 Å². The Morgan fingerprint density at radius 3 is 2.42 bits per heavy atom. The number of benzene rings is 2. The molecular formula is C15H12O3S. The zero-order valence-electron chi connectivity index (χ0n) is 10.0. The molecule has 0 aliphatic carbocycles. The molecule has 19 heavy (non-hydrogen) atoms. The summed E-state index contributed by atoms with van der Waals surface area (Å²) in [4.78, 5) is 1.09. The average molecular weight is 272 g/mol. The monoisotopic (exact) mass is 272 g/mol. The van der Waals surface area contributed by atoms with Gasteiger partial charge in [-0.2, -0.15) is 0 Å². The molecule has 0 saturated carbocycles. The Labute approximate surface area is 114 Å². The second-order valence-electron chi connectivity index (χ2n) is 4.22. The third kappa shape index (κ3) is 2.63. The molecule has 0 unspecified atom stereocenters. The van der Waals surface area contributed by atoms with Gasteiger partial charge in [0.1, 0.15) is 23.9 Å². The fraction of sp³-hybridized carbons (Fsp3) is 0.0667. The smallest absolute Gasteiger partial charge is 0.122 e. The Hall–Kier alpha value is -2.20. The van der Waals surface area contributed by atoms with Gasteiger partial charge in [-0.3, -0.25) is 0 Å². The van der Waals surface area contributed by atoms with E-state index in [0.717, 1.165) is 20.7 Å². The number of hydrogen-bond donors (Lipinski definition) is 2. The first-order chi connectivity index (χ1) is 9.20. The molecule has 0 aliphatic rings. The maximum Gasteiger partial charge on any atom is 0.122 e. The second kappa shape index (κ2) is 4.82. The van der Waals surface area contributed by atoms with Crippen molar-refractivity contribution in [3.05, 3.63) is 53.4 Å². The van der Waals surface area contributed by atoms with Gasteiger partial charge < -0.3 is 14.9 Å². The molecule has 0 amide bonds.